The second-order valence-corrected chi connectivity index (χ2v) is 6.14. The molecule has 0 radical (unpaired) electrons. The first kappa shape index (κ1) is 16.9. The molecule has 3 rings (SSSR count). The van der Waals surface area contributed by atoms with E-state index < -0.39 is 0 Å². The van der Waals surface area contributed by atoms with Crippen LogP contribution < -0.4 is 14.8 Å². The summed E-state index contributed by atoms with van der Waals surface area (Å²) in [6, 6.07) is 11.8. The summed E-state index contributed by atoms with van der Waals surface area (Å²) < 4.78 is 10.5. The molecule has 0 bridgehead atoms. The number of benzene rings is 2. The molecule has 1 heterocycles. The summed E-state index contributed by atoms with van der Waals surface area (Å²) in [7, 11) is 3.15. The van der Waals surface area contributed by atoms with Crippen molar-refractivity contribution in [2.75, 3.05) is 14.2 Å². The van der Waals surface area contributed by atoms with Gasteiger partial charge in [0.25, 0.3) is 5.91 Å². The zero-order valence-electron chi connectivity index (χ0n) is 13.6. The highest BCUT2D eigenvalue weighted by atomic mass is 32.2. The minimum absolute atomic E-state index is 0.165. The highest BCUT2D eigenvalue weighted by molar-refractivity contribution is 8.18. The Hall–Kier alpha value is -2.93. The molecule has 1 aliphatic heterocycles. The van der Waals surface area contributed by atoms with Crippen molar-refractivity contribution in [1.82, 2.24) is 5.32 Å². The number of rotatable bonds is 4. The van der Waals surface area contributed by atoms with Gasteiger partial charge in [0.15, 0.2) is 5.17 Å². The number of ether oxygens (including phenoxy) is 2. The molecule has 0 spiro atoms. The van der Waals surface area contributed by atoms with Crippen molar-refractivity contribution < 1.29 is 19.4 Å². The summed E-state index contributed by atoms with van der Waals surface area (Å²) in [6.07, 6.45) is 1.74. The molecule has 6 nitrogen and oxygen atoms in total. The Morgan fingerprint density at radius 1 is 1.12 bits per heavy atom. The molecule has 0 aromatic heterocycles. The molecule has 2 aromatic rings. The topological polar surface area (TPSA) is 80.2 Å². The Labute approximate surface area is 149 Å². The van der Waals surface area contributed by atoms with Gasteiger partial charge in [0.2, 0.25) is 0 Å². The lowest BCUT2D eigenvalue weighted by Crippen LogP contribution is -2.19. The van der Waals surface area contributed by atoms with Crippen LogP contribution in [0, 0.1) is 0 Å². The van der Waals surface area contributed by atoms with Crippen LogP contribution in [-0.4, -0.2) is 30.4 Å². The number of methoxy groups -OCH3 is 2. The fourth-order valence-electron chi connectivity index (χ4n) is 2.22. The smallest absolute Gasteiger partial charge is 0.264 e. The molecule has 128 valence electrons. The maximum absolute atomic E-state index is 12.2. The van der Waals surface area contributed by atoms with Crippen LogP contribution in [-0.2, 0) is 4.79 Å². The maximum atomic E-state index is 12.2. The molecule has 0 saturated carbocycles. The molecule has 1 amide bonds. The second-order valence-electron chi connectivity index (χ2n) is 5.11. The van der Waals surface area contributed by atoms with Gasteiger partial charge in [0, 0.05) is 5.56 Å². The van der Waals surface area contributed by atoms with Crippen LogP contribution in [0.2, 0.25) is 0 Å². The maximum Gasteiger partial charge on any atom is 0.264 e. The highest BCUT2D eigenvalue weighted by Gasteiger charge is 2.24. The number of aliphatic imine (C=N–C) groups is 1. The number of amidine groups is 1. The van der Waals surface area contributed by atoms with Crippen molar-refractivity contribution >= 4 is 34.6 Å². The van der Waals surface area contributed by atoms with Crippen LogP contribution >= 0.6 is 11.8 Å². The van der Waals surface area contributed by atoms with Gasteiger partial charge < -0.3 is 19.9 Å². The molecule has 1 aliphatic rings. The quantitative estimate of drug-likeness (QED) is 0.822. The van der Waals surface area contributed by atoms with Crippen LogP contribution in [0.1, 0.15) is 5.56 Å². The van der Waals surface area contributed by atoms with Crippen LogP contribution in [0.5, 0.6) is 17.2 Å². The third kappa shape index (κ3) is 3.95. The number of carbonyl (C=O) groups excluding carboxylic acids is 1. The van der Waals surface area contributed by atoms with Gasteiger partial charge in [-0.15, -0.1) is 0 Å². The molecule has 0 unspecified atom stereocenters. The molecule has 2 aromatic carbocycles. The van der Waals surface area contributed by atoms with Crippen molar-refractivity contribution in [2.24, 2.45) is 4.99 Å². The molecular weight excluding hydrogens is 340 g/mol. The first-order valence-corrected chi connectivity index (χ1v) is 8.21. The monoisotopic (exact) mass is 356 g/mol. The lowest BCUT2D eigenvalue weighted by molar-refractivity contribution is -0.115. The molecule has 7 heteroatoms. The molecule has 0 aliphatic carbocycles. The minimum Gasteiger partial charge on any atom is -0.508 e. The average Bonchev–Trinajstić information content (AvgIpc) is 2.96. The SMILES string of the molecule is COc1ccc(OC)c(C=C2SC(=Nc3ccc(O)cc3)NC2=O)c1. The molecular formula is C18H16N2O4S. The largest absolute Gasteiger partial charge is 0.508 e. The van der Waals surface area contributed by atoms with Gasteiger partial charge in [-0.05, 0) is 60.3 Å². The number of nitrogens with zero attached hydrogens (tertiary/aromatic N) is 1. The Balaban J connectivity index is 1.87. The van der Waals surface area contributed by atoms with E-state index in [-0.39, 0.29) is 11.7 Å². The third-order valence-corrected chi connectivity index (χ3v) is 4.36. The summed E-state index contributed by atoms with van der Waals surface area (Å²) in [6.45, 7) is 0. The Morgan fingerprint density at radius 2 is 1.88 bits per heavy atom. The van der Waals surface area contributed by atoms with Crippen molar-refractivity contribution in [2.45, 2.75) is 0 Å². The molecule has 1 fully saturated rings. The summed E-state index contributed by atoms with van der Waals surface area (Å²) in [5, 5.41) is 12.5. The predicted molar refractivity (Wildman–Crippen MR) is 98.5 cm³/mol. The summed E-state index contributed by atoms with van der Waals surface area (Å²) in [5.74, 6) is 1.25. The van der Waals surface area contributed by atoms with Gasteiger partial charge in [-0.1, -0.05) is 0 Å². The van der Waals surface area contributed by atoms with Gasteiger partial charge in [-0.3, -0.25) is 4.79 Å². The number of hydrogen-bond acceptors (Lipinski definition) is 6. The molecule has 25 heavy (non-hydrogen) atoms. The van der Waals surface area contributed by atoms with Crippen LogP contribution in [0.15, 0.2) is 52.4 Å². The number of carbonyl (C=O) groups is 1. The van der Waals surface area contributed by atoms with Gasteiger partial charge >= 0.3 is 0 Å². The van der Waals surface area contributed by atoms with Crippen molar-refractivity contribution in [1.29, 1.82) is 0 Å². The van der Waals surface area contributed by atoms with Gasteiger partial charge in [0.05, 0.1) is 24.8 Å². The Morgan fingerprint density at radius 3 is 2.56 bits per heavy atom. The summed E-state index contributed by atoms with van der Waals surface area (Å²) in [4.78, 5) is 17.1. The van der Waals surface area contributed by atoms with Gasteiger partial charge in [-0.25, -0.2) is 4.99 Å². The van der Waals surface area contributed by atoms with Crippen molar-refractivity contribution in [3.63, 3.8) is 0 Å². The number of aromatic hydroxyl groups is 1. The van der Waals surface area contributed by atoms with E-state index in [1.807, 2.05) is 0 Å². The van der Waals surface area contributed by atoms with E-state index in [0.29, 0.717) is 27.3 Å². The molecule has 0 atom stereocenters. The van der Waals surface area contributed by atoms with E-state index in [4.69, 9.17) is 9.47 Å². The number of amides is 1. The molecule has 2 N–H and O–H groups in total. The number of nitrogens with one attached hydrogen (secondary N) is 1. The highest BCUT2D eigenvalue weighted by Crippen LogP contribution is 2.32. The first-order valence-electron chi connectivity index (χ1n) is 7.39. The van der Waals surface area contributed by atoms with Gasteiger partial charge in [0.1, 0.15) is 17.2 Å². The average molecular weight is 356 g/mol. The van der Waals surface area contributed by atoms with Crippen molar-refractivity contribution in [3.05, 3.63) is 52.9 Å². The molecule has 1 saturated heterocycles. The fourth-order valence-corrected chi connectivity index (χ4v) is 3.05. The predicted octanol–water partition coefficient (Wildman–Crippen LogP) is 3.30. The Bertz CT molecular complexity index is 860. The second kappa shape index (κ2) is 7.31. The van der Waals surface area contributed by atoms with Crippen LogP contribution in [0.4, 0.5) is 5.69 Å². The lowest BCUT2D eigenvalue weighted by Gasteiger charge is -2.07. The fraction of sp³-hybridized carbons (Fsp3) is 0.111. The van der Waals surface area contributed by atoms with Crippen molar-refractivity contribution in [3.8, 4) is 17.2 Å². The van der Waals surface area contributed by atoms with E-state index >= 15 is 0 Å². The summed E-state index contributed by atoms with van der Waals surface area (Å²) in [5.41, 5.74) is 1.38. The van der Waals surface area contributed by atoms with E-state index in [2.05, 4.69) is 10.3 Å². The third-order valence-electron chi connectivity index (χ3n) is 3.45. The van der Waals surface area contributed by atoms with E-state index in [1.54, 1.807) is 62.8 Å². The van der Waals surface area contributed by atoms with E-state index in [1.165, 1.54) is 11.8 Å². The standard InChI is InChI=1S/C18H16N2O4S/c1-23-14-7-8-15(24-2)11(9-14)10-16-17(22)20-18(25-16)19-12-3-5-13(21)6-4-12/h3-10,21H,1-2H3,(H,19,20,22). The Kier molecular flexibility index (Phi) is 4.95. The van der Waals surface area contributed by atoms with Gasteiger partial charge in [-0.2, -0.15) is 0 Å². The zero-order chi connectivity index (χ0) is 17.8. The first-order chi connectivity index (χ1) is 12.1. The van der Waals surface area contributed by atoms with Crippen LogP contribution in [0.3, 0.4) is 0 Å². The number of thioether (sulfide) groups is 1. The summed E-state index contributed by atoms with van der Waals surface area (Å²) >= 11 is 1.24. The normalized spacial score (nSPS) is 17.0. The number of phenols is 1. The number of phenolic OH excluding ortho intramolecular Hbond substituents is 1. The van der Waals surface area contributed by atoms with Crippen LogP contribution in [0.25, 0.3) is 6.08 Å². The van der Waals surface area contributed by atoms with E-state index in [9.17, 15) is 9.90 Å². The van der Waals surface area contributed by atoms with E-state index in [0.717, 1.165) is 5.56 Å². The number of hydrogen-bond donors (Lipinski definition) is 2. The lowest BCUT2D eigenvalue weighted by atomic mass is 10.1. The minimum atomic E-state index is -0.229. The zero-order valence-corrected chi connectivity index (χ0v) is 14.5.